The van der Waals surface area contributed by atoms with Gasteiger partial charge < -0.3 is 15.0 Å². The second-order valence-electron chi connectivity index (χ2n) is 7.85. The van der Waals surface area contributed by atoms with Crippen LogP contribution in [-0.2, 0) is 16.6 Å². The molecule has 1 aromatic rings. The minimum Gasteiger partial charge on any atom is -0.550 e. The Morgan fingerprint density at radius 3 is 2.10 bits per heavy atom. The van der Waals surface area contributed by atoms with Gasteiger partial charge in [-0.2, -0.15) is 0 Å². The number of hydrogen-bond acceptors (Lipinski definition) is 3. The Kier molecular flexibility index (Phi) is 4.76. The number of benzene rings is 1. The summed E-state index contributed by atoms with van der Waals surface area (Å²) in [6.07, 6.45) is 0.770. The van der Waals surface area contributed by atoms with Gasteiger partial charge in [0.15, 0.2) is 0 Å². The maximum absolute atomic E-state index is 10.9. The molecule has 0 saturated heterocycles. The molecule has 0 heterocycles. The first-order valence-corrected chi connectivity index (χ1v) is 7.37. The highest BCUT2D eigenvalue weighted by Gasteiger charge is 2.31. The summed E-state index contributed by atoms with van der Waals surface area (Å²) in [6, 6.07) is 1.83. The van der Waals surface area contributed by atoms with Gasteiger partial charge in [-0.3, -0.25) is 0 Å². The van der Waals surface area contributed by atoms with Gasteiger partial charge in [0.2, 0.25) is 0 Å². The number of rotatable bonds is 4. The minimum atomic E-state index is -1.09. The lowest BCUT2D eigenvalue weighted by atomic mass is 9.71. The third kappa shape index (κ3) is 4.23. The molecule has 0 fully saturated rings. The van der Waals surface area contributed by atoms with E-state index in [4.69, 9.17) is 0 Å². The first-order valence-electron chi connectivity index (χ1n) is 7.37. The topological polar surface area (TPSA) is 60.4 Å². The summed E-state index contributed by atoms with van der Waals surface area (Å²) in [5, 5.41) is 21.4. The van der Waals surface area contributed by atoms with Crippen LogP contribution in [-0.4, -0.2) is 11.1 Å². The van der Waals surface area contributed by atoms with E-state index in [2.05, 4.69) is 34.6 Å². The van der Waals surface area contributed by atoms with Crippen molar-refractivity contribution in [3.8, 4) is 5.75 Å². The number of carbonyl (C=O) groups excluding carboxylic acids is 1. The van der Waals surface area contributed by atoms with Crippen molar-refractivity contribution in [2.24, 2.45) is 5.41 Å². The highest BCUT2D eigenvalue weighted by molar-refractivity contribution is 5.69. The zero-order chi connectivity index (χ0) is 16.6. The molecule has 0 amide bonds. The molecule has 1 N–H and O–H groups in total. The molecular formula is C18H27O3-. The molecule has 0 spiro atoms. The van der Waals surface area contributed by atoms with E-state index in [9.17, 15) is 15.0 Å². The third-order valence-electron chi connectivity index (χ3n) is 4.01. The molecule has 0 aliphatic carbocycles. The van der Waals surface area contributed by atoms with E-state index < -0.39 is 5.97 Å². The van der Waals surface area contributed by atoms with Gasteiger partial charge in [-0.05, 0) is 47.8 Å². The van der Waals surface area contributed by atoms with Crippen LogP contribution < -0.4 is 5.11 Å². The molecule has 3 heteroatoms. The van der Waals surface area contributed by atoms with Crippen molar-refractivity contribution in [2.75, 3.05) is 0 Å². The van der Waals surface area contributed by atoms with Gasteiger partial charge >= 0.3 is 0 Å². The fourth-order valence-electron chi connectivity index (χ4n) is 3.25. The highest BCUT2D eigenvalue weighted by atomic mass is 16.4. The molecule has 21 heavy (non-hydrogen) atoms. The lowest BCUT2D eigenvalue weighted by Crippen LogP contribution is -2.27. The molecule has 0 saturated carbocycles. The van der Waals surface area contributed by atoms with E-state index in [-0.39, 0.29) is 23.0 Å². The lowest BCUT2D eigenvalue weighted by molar-refractivity contribution is -0.304. The predicted molar refractivity (Wildman–Crippen MR) is 83.4 cm³/mol. The van der Waals surface area contributed by atoms with E-state index in [0.717, 1.165) is 28.7 Å². The van der Waals surface area contributed by atoms with Gasteiger partial charge in [-0.1, -0.05) is 40.7 Å². The van der Waals surface area contributed by atoms with Crippen molar-refractivity contribution < 1.29 is 15.0 Å². The molecule has 118 valence electrons. The van der Waals surface area contributed by atoms with E-state index in [0.29, 0.717) is 0 Å². The molecule has 0 unspecified atom stereocenters. The van der Waals surface area contributed by atoms with Crippen molar-refractivity contribution in [3.63, 3.8) is 0 Å². The van der Waals surface area contributed by atoms with E-state index >= 15 is 0 Å². The van der Waals surface area contributed by atoms with Gasteiger partial charge in [0, 0.05) is 18.0 Å². The zero-order valence-electron chi connectivity index (χ0n) is 14.3. The first kappa shape index (κ1) is 17.5. The van der Waals surface area contributed by atoms with Crippen LogP contribution in [0, 0.1) is 19.3 Å². The normalized spacial score (nSPS) is 12.5. The number of phenols is 1. The van der Waals surface area contributed by atoms with Gasteiger partial charge in [0.1, 0.15) is 5.75 Å². The maximum atomic E-state index is 10.9. The van der Waals surface area contributed by atoms with Crippen LogP contribution in [0.5, 0.6) is 5.75 Å². The first-order chi connectivity index (χ1) is 9.35. The number of aliphatic carboxylic acids is 1. The third-order valence-corrected chi connectivity index (χ3v) is 4.01. The maximum Gasteiger partial charge on any atom is 0.122 e. The minimum absolute atomic E-state index is 0.114. The van der Waals surface area contributed by atoms with Crippen LogP contribution in [0.4, 0.5) is 0 Å². The van der Waals surface area contributed by atoms with Crippen molar-refractivity contribution in [1.29, 1.82) is 0 Å². The Morgan fingerprint density at radius 2 is 1.67 bits per heavy atom. The van der Waals surface area contributed by atoms with E-state index in [1.54, 1.807) is 0 Å². The number of aromatic hydroxyl groups is 1. The second-order valence-corrected chi connectivity index (χ2v) is 7.85. The average Bonchev–Trinajstić information content (AvgIpc) is 2.26. The average molecular weight is 291 g/mol. The van der Waals surface area contributed by atoms with Gasteiger partial charge in [0.25, 0.3) is 0 Å². The fourth-order valence-corrected chi connectivity index (χ4v) is 3.25. The van der Waals surface area contributed by atoms with Gasteiger partial charge in [-0.15, -0.1) is 0 Å². The van der Waals surface area contributed by atoms with Gasteiger partial charge in [-0.25, -0.2) is 0 Å². The van der Waals surface area contributed by atoms with Crippen molar-refractivity contribution >= 4 is 5.97 Å². The van der Waals surface area contributed by atoms with Crippen molar-refractivity contribution in [3.05, 3.63) is 28.3 Å². The molecule has 0 aromatic heterocycles. The van der Waals surface area contributed by atoms with Crippen LogP contribution >= 0.6 is 0 Å². The van der Waals surface area contributed by atoms with Crippen LogP contribution in [0.1, 0.15) is 63.3 Å². The number of phenolic OH excluding ortho intramolecular Hbond substituents is 1. The molecule has 1 aromatic carbocycles. The molecule has 1 rings (SSSR count). The van der Waals surface area contributed by atoms with E-state index in [1.807, 2.05) is 19.9 Å². The number of carbonyl (C=O) groups is 1. The Hall–Kier alpha value is -1.51. The summed E-state index contributed by atoms with van der Waals surface area (Å²) in [7, 11) is 0. The molecule has 3 nitrogen and oxygen atoms in total. The summed E-state index contributed by atoms with van der Waals surface area (Å²) in [6.45, 7) is 14.3. The Balaban J connectivity index is 3.42. The van der Waals surface area contributed by atoms with Gasteiger partial charge in [0.05, 0.1) is 0 Å². The molecule has 0 aliphatic heterocycles. The largest absolute Gasteiger partial charge is 0.550 e. The Labute approximate surface area is 128 Å². The summed E-state index contributed by atoms with van der Waals surface area (Å²) in [5.41, 5.74) is 3.00. The monoisotopic (exact) mass is 291 g/mol. The summed E-state index contributed by atoms with van der Waals surface area (Å²) < 4.78 is 0. The molecule has 0 bridgehead atoms. The van der Waals surface area contributed by atoms with E-state index in [1.165, 1.54) is 0 Å². The summed E-state index contributed by atoms with van der Waals surface area (Å²) in [5.74, 6) is -0.813. The van der Waals surface area contributed by atoms with Crippen LogP contribution in [0.3, 0.4) is 0 Å². The quantitative estimate of drug-likeness (QED) is 0.927. The highest BCUT2D eigenvalue weighted by Crippen LogP contribution is 2.42. The number of hydrogen-bond donors (Lipinski definition) is 1. The summed E-state index contributed by atoms with van der Waals surface area (Å²) >= 11 is 0. The summed E-state index contributed by atoms with van der Waals surface area (Å²) in [4.78, 5) is 10.9. The molecular weight excluding hydrogens is 264 g/mol. The molecule has 0 radical (unpaired) electrons. The number of carboxylic acid groups (broad SMARTS) is 1. The molecule has 0 aliphatic rings. The second kappa shape index (κ2) is 5.70. The fraction of sp³-hybridized carbons (Fsp3) is 0.611. The Morgan fingerprint density at radius 1 is 1.14 bits per heavy atom. The Bertz CT molecular complexity index is 549. The standard InChI is InChI=1S/C18H28O3/c1-11-12(2)16(21)14(8-13(11)9-15(19)20)18(6,7)10-17(3,4)5/h8,21H,9-10H2,1-7H3,(H,19,20)/p-1. The van der Waals surface area contributed by atoms with Crippen molar-refractivity contribution in [2.45, 2.75) is 66.7 Å². The van der Waals surface area contributed by atoms with Crippen molar-refractivity contribution in [1.82, 2.24) is 0 Å². The SMILES string of the molecule is Cc1c(CC(=O)[O-])cc(C(C)(C)CC(C)(C)C)c(O)c1C. The zero-order valence-corrected chi connectivity index (χ0v) is 14.3. The van der Waals surface area contributed by atoms with Crippen LogP contribution in [0.25, 0.3) is 0 Å². The number of carboxylic acids is 1. The predicted octanol–water partition coefficient (Wildman–Crippen LogP) is 3.02. The molecule has 0 atom stereocenters. The lowest BCUT2D eigenvalue weighted by Gasteiger charge is -2.34. The van der Waals surface area contributed by atoms with Crippen LogP contribution in [0.15, 0.2) is 6.07 Å². The van der Waals surface area contributed by atoms with Crippen LogP contribution in [0.2, 0.25) is 0 Å². The smallest absolute Gasteiger partial charge is 0.122 e.